The maximum atomic E-state index is 12.7. The van der Waals surface area contributed by atoms with Crippen LogP contribution in [0.5, 0.6) is 0 Å². The van der Waals surface area contributed by atoms with Crippen molar-refractivity contribution in [2.24, 2.45) is 11.8 Å². The van der Waals surface area contributed by atoms with Gasteiger partial charge in [0, 0.05) is 18.4 Å². The Morgan fingerprint density at radius 3 is 2.81 bits per heavy atom. The molecule has 1 aliphatic carbocycles. The van der Waals surface area contributed by atoms with Crippen LogP contribution in [0.25, 0.3) is 0 Å². The van der Waals surface area contributed by atoms with Crippen molar-refractivity contribution in [2.45, 2.75) is 32.2 Å². The first-order chi connectivity index (χ1) is 10.1. The van der Waals surface area contributed by atoms with Crippen molar-refractivity contribution in [3.63, 3.8) is 0 Å². The first kappa shape index (κ1) is 14.0. The van der Waals surface area contributed by atoms with Gasteiger partial charge in [-0.1, -0.05) is 6.42 Å². The molecule has 0 aromatic carbocycles. The van der Waals surface area contributed by atoms with Crippen LogP contribution in [0.2, 0.25) is 0 Å². The highest BCUT2D eigenvalue weighted by Gasteiger charge is 2.50. The molecule has 21 heavy (non-hydrogen) atoms. The molecule has 1 aromatic heterocycles. The zero-order chi connectivity index (χ0) is 15.0. The molecule has 1 aromatic rings. The fourth-order valence-corrected chi connectivity index (χ4v) is 3.70. The number of aryl methyl sites for hydroxylation is 1. The fraction of sp³-hybridized carbons (Fsp3) is 0.562. The molecule has 0 bridgehead atoms. The van der Waals surface area contributed by atoms with Crippen molar-refractivity contribution in [3.8, 4) is 0 Å². The molecule has 1 amide bonds. The Morgan fingerprint density at radius 1 is 1.33 bits per heavy atom. The van der Waals surface area contributed by atoms with E-state index >= 15 is 0 Å². The van der Waals surface area contributed by atoms with Gasteiger partial charge in [-0.3, -0.25) is 9.78 Å². The maximum absolute atomic E-state index is 12.7. The van der Waals surface area contributed by atoms with E-state index in [-0.39, 0.29) is 17.8 Å². The third-order valence-electron chi connectivity index (χ3n) is 4.75. The van der Waals surface area contributed by atoms with Gasteiger partial charge in [0.1, 0.15) is 6.04 Å². The number of hydrogen-bond donors (Lipinski definition) is 0. The summed E-state index contributed by atoms with van der Waals surface area (Å²) in [5, 5.41) is 0. The zero-order valence-electron chi connectivity index (χ0n) is 12.4. The van der Waals surface area contributed by atoms with Gasteiger partial charge in [0.2, 0.25) is 0 Å². The van der Waals surface area contributed by atoms with Gasteiger partial charge < -0.3 is 9.64 Å². The molecular weight excluding hydrogens is 268 g/mol. The van der Waals surface area contributed by atoms with E-state index in [9.17, 15) is 9.59 Å². The molecule has 5 heteroatoms. The molecule has 2 heterocycles. The van der Waals surface area contributed by atoms with Gasteiger partial charge in [0.05, 0.1) is 12.7 Å². The maximum Gasteiger partial charge on any atom is 0.328 e. The Hall–Kier alpha value is -1.91. The molecule has 0 N–H and O–H groups in total. The molecular formula is C16H20N2O3. The quantitative estimate of drug-likeness (QED) is 0.779. The first-order valence-electron chi connectivity index (χ1n) is 7.43. The molecule has 2 aliphatic rings. The lowest BCUT2D eigenvalue weighted by atomic mass is 9.94. The Labute approximate surface area is 124 Å². The van der Waals surface area contributed by atoms with Gasteiger partial charge >= 0.3 is 5.97 Å². The largest absolute Gasteiger partial charge is 0.467 e. The van der Waals surface area contributed by atoms with Crippen molar-refractivity contribution >= 4 is 11.9 Å². The Morgan fingerprint density at radius 2 is 2.14 bits per heavy atom. The summed E-state index contributed by atoms with van der Waals surface area (Å²) in [6.45, 7) is 2.53. The third-order valence-corrected chi connectivity index (χ3v) is 4.75. The van der Waals surface area contributed by atoms with Crippen LogP contribution in [0, 0.1) is 18.8 Å². The van der Waals surface area contributed by atoms with Crippen LogP contribution < -0.4 is 0 Å². The van der Waals surface area contributed by atoms with Gasteiger partial charge in [0.25, 0.3) is 5.91 Å². The van der Waals surface area contributed by atoms with E-state index in [0.717, 1.165) is 25.0 Å². The topological polar surface area (TPSA) is 59.5 Å². The molecule has 3 rings (SSSR count). The number of ether oxygens (including phenoxy) is 1. The van der Waals surface area contributed by atoms with E-state index in [1.807, 2.05) is 13.0 Å². The number of amides is 1. The molecule has 112 valence electrons. The van der Waals surface area contributed by atoms with E-state index in [0.29, 0.717) is 18.0 Å². The van der Waals surface area contributed by atoms with Crippen molar-refractivity contribution in [1.29, 1.82) is 0 Å². The molecule has 1 saturated heterocycles. The molecule has 0 unspecified atom stereocenters. The average molecular weight is 288 g/mol. The number of fused-ring (bicyclic) bond motifs is 1. The SMILES string of the molecule is COC(=O)[C@@H]1[C@H]2CCC[C@H]2CN1C(=O)c1ccc(C)nc1. The Kier molecular flexibility index (Phi) is 3.66. The minimum Gasteiger partial charge on any atom is -0.467 e. The highest BCUT2D eigenvalue weighted by Crippen LogP contribution is 2.43. The second-order valence-corrected chi connectivity index (χ2v) is 5.97. The van der Waals surface area contributed by atoms with Crippen LogP contribution in [0.1, 0.15) is 35.3 Å². The smallest absolute Gasteiger partial charge is 0.328 e. The lowest BCUT2D eigenvalue weighted by Gasteiger charge is -2.25. The summed E-state index contributed by atoms with van der Waals surface area (Å²) in [5.41, 5.74) is 1.41. The molecule has 1 saturated carbocycles. The first-order valence-corrected chi connectivity index (χ1v) is 7.43. The van der Waals surface area contributed by atoms with Crippen LogP contribution >= 0.6 is 0 Å². The van der Waals surface area contributed by atoms with E-state index in [1.165, 1.54) is 7.11 Å². The van der Waals surface area contributed by atoms with Gasteiger partial charge in [-0.2, -0.15) is 0 Å². The number of esters is 1. The standard InChI is InChI=1S/C16H20N2O3/c1-10-6-7-11(8-17-10)15(19)18-9-12-4-3-5-13(12)14(18)16(20)21-2/h6-8,12-14H,3-5,9H2,1-2H3/t12-,13-,14-/m0/s1. The summed E-state index contributed by atoms with van der Waals surface area (Å²) in [4.78, 5) is 30.7. The zero-order valence-corrected chi connectivity index (χ0v) is 12.4. The number of rotatable bonds is 2. The summed E-state index contributed by atoms with van der Waals surface area (Å²) in [6, 6.07) is 3.15. The summed E-state index contributed by atoms with van der Waals surface area (Å²) >= 11 is 0. The molecule has 1 aliphatic heterocycles. The monoisotopic (exact) mass is 288 g/mol. The van der Waals surface area contributed by atoms with Crippen molar-refractivity contribution in [2.75, 3.05) is 13.7 Å². The van der Waals surface area contributed by atoms with Crippen LogP contribution in [0.15, 0.2) is 18.3 Å². The Bertz CT molecular complexity index is 555. The normalized spacial score (nSPS) is 27.5. The van der Waals surface area contributed by atoms with Crippen LogP contribution in [0.4, 0.5) is 0 Å². The molecule has 0 radical (unpaired) electrons. The van der Waals surface area contributed by atoms with E-state index in [4.69, 9.17) is 4.74 Å². The molecule has 5 nitrogen and oxygen atoms in total. The molecule has 2 fully saturated rings. The van der Waals surface area contributed by atoms with E-state index < -0.39 is 6.04 Å². The third kappa shape index (κ3) is 2.41. The minimum atomic E-state index is -0.434. The van der Waals surface area contributed by atoms with E-state index in [2.05, 4.69) is 4.98 Å². The van der Waals surface area contributed by atoms with Crippen molar-refractivity contribution < 1.29 is 14.3 Å². The van der Waals surface area contributed by atoms with Gasteiger partial charge in [-0.05, 0) is 43.7 Å². The number of carbonyl (C=O) groups is 2. The number of nitrogens with zero attached hydrogens (tertiary/aromatic N) is 2. The average Bonchev–Trinajstić information content (AvgIpc) is 3.06. The summed E-state index contributed by atoms with van der Waals surface area (Å²) in [7, 11) is 1.39. The Balaban J connectivity index is 1.87. The predicted octanol–water partition coefficient (Wildman–Crippen LogP) is 1.80. The summed E-state index contributed by atoms with van der Waals surface area (Å²) in [5.74, 6) is 0.265. The van der Waals surface area contributed by atoms with Crippen LogP contribution in [0.3, 0.4) is 0 Å². The number of hydrogen-bond acceptors (Lipinski definition) is 4. The lowest BCUT2D eigenvalue weighted by Crippen LogP contribution is -2.44. The lowest BCUT2D eigenvalue weighted by molar-refractivity contribution is -0.146. The highest BCUT2D eigenvalue weighted by atomic mass is 16.5. The summed E-state index contributed by atoms with van der Waals surface area (Å²) in [6.07, 6.45) is 4.81. The predicted molar refractivity (Wildman–Crippen MR) is 76.6 cm³/mol. The molecule has 3 atom stereocenters. The van der Waals surface area contributed by atoms with Gasteiger partial charge in [-0.25, -0.2) is 4.79 Å². The number of carbonyl (C=O) groups excluding carboxylic acids is 2. The van der Waals surface area contributed by atoms with Crippen LogP contribution in [-0.4, -0.2) is 41.5 Å². The second kappa shape index (κ2) is 5.47. The van der Waals surface area contributed by atoms with Gasteiger partial charge in [-0.15, -0.1) is 0 Å². The minimum absolute atomic E-state index is 0.118. The highest BCUT2D eigenvalue weighted by molar-refractivity contribution is 5.97. The fourth-order valence-electron chi connectivity index (χ4n) is 3.70. The second-order valence-electron chi connectivity index (χ2n) is 5.97. The van der Waals surface area contributed by atoms with Crippen LogP contribution in [-0.2, 0) is 9.53 Å². The summed E-state index contributed by atoms with van der Waals surface area (Å²) < 4.78 is 4.93. The van der Waals surface area contributed by atoms with Crippen molar-refractivity contribution in [3.05, 3.63) is 29.6 Å². The number of aromatic nitrogens is 1. The molecule has 0 spiro atoms. The van der Waals surface area contributed by atoms with Crippen molar-refractivity contribution in [1.82, 2.24) is 9.88 Å². The van der Waals surface area contributed by atoms with E-state index in [1.54, 1.807) is 17.2 Å². The number of pyridine rings is 1. The number of methoxy groups -OCH3 is 1. The van der Waals surface area contributed by atoms with Gasteiger partial charge in [0.15, 0.2) is 0 Å². The number of likely N-dealkylation sites (tertiary alicyclic amines) is 1.